The predicted octanol–water partition coefficient (Wildman–Crippen LogP) is 2.08. The van der Waals surface area contributed by atoms with Crippen LogP contribution >= 0.6 is 0 Å². The van der Waals surface area contributed by atoms with Gasteiger partial charge >= 0.3 is 5.97 Å². The molecule has 3 heteroatoms. The zero-order chi connectivity index (χ0) is 10.9. The molecule has 80 valence electrons. The number of hydrogen-bond donors (Lipinski definition) is 0. The monoisotopic (exact) mass is 206 g/mol. The first-order valence-corrected chi connectivity index (χ1v) is 5.00. The Kier molecular flexibility index (Phi) is 2.39. The van der Waals surface area contributed by atoms with Gasteiger partial charge in [0.25, 0.3) is 0 Å². The zero-order valence-corrected chi connectivity index (χ0v) is 8.95. The lowest BCUT2D eigenvalue weighted by molar-refractivity contribution is -0.151. The van der Waals surface area contributed by atoms with Gasteiger partial charge in [0.2, 0.25) is 5.60 Å². The zero-order valence-electron chi connectivity index (χ0n) is 8.95. The van der Waals surface area contributed by atoms with Crippen LogP contribution in [-0.4, -0.2) is 18.7 Å². The highest BCUT2D eigenvalue weighted by Crippen LogP contribution is 2.41. The average Bonchev–Trinajstić information content (AvgIpc) is 2.98. The van der Waals surface area contributed by atoms with Gasteiger partial charge in [0.15, 0.2) is 0 Å². The van der Waals surface area contributed by atoms with Gasteiger partial charge in [-0.1, -0.05) is 12.1 Å². The van der Waals surface area contributed by atoms with E-state index in [2.05, 4.69) is 0 Å². The van der Waals surface area contributed by atoms with Crippen LogP contribution in [0.25, 0.3) is 0 Å². The molecule has 1 aliphatic rings. The largest absolute Gasteiger partial charge is 0.476 e. The van der Waals surface area contributed by atoms with E-state index in [-0.39, 0.29) is 5.97 Å². The molecule has 0 bridgehead atoms. The molecule has 2 rings (SSSR count). The van der Waals surface area contributed by atoms with E-state index in [4.69, 9.17) is 9.47 Å². The predicted molar refractivity (Wildman–Crippen MR) is 55.8 cm³/mol. The third-order valence-corrected chi connectivity index (χ3v) is 2.56. The second kappa shape index (κ2) is 3.57. The number of methoxy groups -OCH3 is 1. The minimum Gasteiger partial charge on any atom is -0.476 e. The first-order chi connectivity index (χ1) is 7.16. The molecule has 1 fully saturated rings. The van der Waals surface area contributed by atoms with Crippen molar-refractivity contribution < 1.29 is 14.3 Å². The Labute approximate surface area is 89.0 Å². The summed E-state index contributed by atoms with van der Waals surface area (Å²) >= 11 is 0. The molecule has 1 saturated carbocycles. The van der Waals surface area contributed by atoms with Gasteiger partial charge in [-0.25, -0.2) is 4.79 Å². The quantitative estimate of drug-likeness (QED) is 0.710. The van der Waals surface area contributed by atoms with E-state index in [1.54, 1.807) is 0 Å². The molecule has 0 radical (unpaired) electrons. The number of benzene rings is 1. The van der Waals surface area contributed by atoms with Crippen LogP contribution in [0.15, 0.2) is 24.3 Å². The van der Waals surface area contributed by atoms with E-state index in [1.165, 1.54) is 7.11 Å². The third-order valence-electron chi connectivity index (χ3n) is 2.56. The van der Waals surface area contributed by atoms with Crippen molar-refractivity contribution >= 4 is 5.97 Å². The number of aryl methyl sites for hydroxylation is 1. The standard InChI is InChI=1S/C12H14O3/c1-9-4-3-5-10(8-9)15-12(6-7-12)11(13)14-2/h3-5,8H,6-7H2,1-2H3. The van der Waals surface area contributed by atoms with Gasteiger partial charge in [-0.05, 0) is 24.6 Å². The molecule has 1 aromatic carbocycles. The highest BCUT2D eigenvalue weighted by Gasteiger charge is 2.54. The Balaban J connectivity index is 2.12. The van der Waals surface area contributed by atoms with Crippen LogP contribution in [0.5, 0.6) is 5.75 Å². The van der Waals surface area contributed by atoms with E-state index in [0.29, 0.717) is 0 Å². The van der Waals surface area contributed by atoms with Crippen LogP contribution in [0.3, 0.4) is 0 Å². The fraction of sp³-hybridized carbons (Fsp3) is 0.417. The first kappa shape index (κ1) is 10.0. The number of carbonyl (C=O) groups is 1. The second-order valence-electron chi connectivity index (χ2n) is 3.90. The molecular weight excluding hydrogens is 192 g/mol. The van der Waals surface area contributed by atoms with E-state index < -0.39 is 5.60 Å². The average molecular weight is 206 g/mol. The molecule has 1 aromatic rings. The molecule has 0 atom stereocenters. The van der Waals surface area contributed by atoms with E-state index in [1.807, 2.05) is 31.2 Å². The van der Waals surface area contributed by atoms with Gasteiger partial charge in [0, 0.05) is 12.8 Å². The smallest absolute Gasteiger partial charge is 0.350 e. The Morgan fingerprint density at radius 2 is 2.13 bits per heavy atom. The maximum Gasteiger partial charge on any atom is 0.350 e. The van der Waals surface area contributed by atoms with Crippen molar-refractivity contribution in [1.82, 2.24) is 0 Å². The third kappa shape index (κ3) is 1.96. The number of carbonyl (C=O) groups excluding carboxylic acids is 1. The van der Waals surface area contributed by atoms with Crippen LogP contribution in [-0.2, 0) is 9.53 Å². The summed E-state index contributed by atoms with van der Waals surface area (Å²) in [6.07, 6.45) is 1.49. The fourth-order valence-electron chi connectivity index (χ4n) is 1.55. The van der Waals surface area contributed by atoms with Crippen molar-refractivity contribution in [1.29, 1.82) is 0 Å². The van der Waals surface area contributed by atoms with Crippen molar-refractivity contribution in [3.8, 4) is 5.75 Å². The summed E-state index contributed by atoms with van der Waals surface area (Å²) in [4.78, 5) is 11.4. The molecule has 0 unspecified atom stereocenters. The topological polar surface area (TPSA) is 35.5 Å². The van der Waals surface area contributed by atoms with Gasteiger partial charge in [0.05, 0.1) is 7.11 Å². The fourth-order valence-corrected chi connectivity index (χ4v) is 1.55. The Bertz CT molecular complexity index is 380. The van der Waals surface area contributed by atoms with Crippen molar-refractivity contribution in [3.05, 3.63) is 29.8 Å². The van der Waals surface area contributed by atoms with Gasteiger partial charge < -0.3 is 9.47 Å². The van der Waals surface area contributed by atoms with Crippen molar-refractivity contribution in [2.75, 3.05) is 7.11 Å². The summed E-state index contributed by atoms with van der Waals surface area (Å²) in [6.45, 7) is 1.99. The summed E-state index contributed by atoms with van der Waals surface area (Å²) in [5.41, 5.74) is 0.413. The Morgan fingerprint density at radius 3 is 2.67 bits per heavy atom. The molecular formula is C12H14O3. The van der Waals surface area contributed by atoms with E-state index in [9.17, 15) is 4.79 Å². The first-order valence-electron chi connectivity index (χ1n) is 5.00. The molecule has 0 aromatic heterocycles. The summed E-state index contributed by atoms with van der Waals surface area (Å²) in [6, 6.07) is 7.68. The Morgan fingerprint density at radius 1 is 1.40 bits per heavy atom. The normalized spacial score (nSPS) is 16.9. The second-order valence-corrected chi connectivity index (χ2v) is 3.90. The molecule has 0 heterocycles. The van der Waals surface area contributed by atoms with Crippen molar-refractivity contribution in [2.24, 2.45) is 0 Å². The highest BCUT2D eigenvalue weighted by molar-refractivity contribution is 5.83. The molecule has 0 saturated heterocycles. The van der Waals surface area contributed by atoms with Gasteiger partial charge in [-0.2, -0.15) is 0 Å². The van der Waals surface area contributed by atoms with Crippen LogP contribution in [0, 0.1) is 6.92 Å². The van der Waals surface area contributed by atoms with Gasteiger partial charge in [0.1, 0.15) is 5.75 Å². The summed E-state index contributed by atoms with van der Waals surface area (Å²) in [7, 11) is 1.39. The lowest BCUT2D eigenvalue weighted by atomic mass is 10.2. The summed E-state index contributed by atoms with van der Waals surface area (Å²) in [5.74, 6) is 0.460. The SMILES string of the molecule is COC(=O)C1(Oc2cccc(C)c2)CC1. The minimum absolute atomic E-state index is 0.274. The minimum atomic E-state index is -0.706. The highest BCUT2D eigenvalue weighted by atomic mass is 16.6. The number of rotatable bonds is 3. The van der Waals surface area contributed by atoms with Crippen molar-refractivity contribution in [2.45, 2.75) is 25.4 Å². The van der Waals surface area contributed by atoms with E-state index in [0.717, 1.165) is 24.2 Å². The molecule has 3 nitrogen and oxygen atoms in total. The number of esters is 1. The molecule has 0 spiro atoms. The van der Waals surface area contributed by atoms with Crippen LogP contribution in [0.4, 0.5) is 0 Å². The van der Waals surface area contributed by atoms with Crippen molar-refractivity contribution in [3.63, 3.8) is 0 Å². The molecule has 0 amide bonds. The maximum absolute atomic E-state index is 11.4. The van der Waals surface area contributed by atoms with Crippen LogP contribution in [0.1, 0.15) is 18.4 Å². The molecule has 0 N–H and O–H groups in total. The van der Waals surface area contributed by atoms with Gasteiger partial charge in [-0.15, -0.1) is 0 Å². The van der Waals surface area contributed by atoms with Gasteiger partial charge in [-0.3, -0.25) is 0 Å². The van der Waals surface area contributed by atoms with E-state index >= 15 is 0 Å². The van der Waals surface area contributed by atoms with Crippen LogP contribution < -0.4 is 4.74 Å². The molecule has 1 aliphatic carbocycles. The summed E-state index contributed by atoms with van der Waals surface area (Å²) in [5, 5.41) is 0. The maximum atomic E-state index is 11.4. The lowest BCUT2D eigenvalue weighted by Crippen LogP contribution is -2.30. The number of hydrogen-bond acceptors (Lipinski definition) is 3. The molecule has 15 heavy (non-hydrogen) atoms. The van der Waals surface area contributed by atoms with Crippen LogP contribution in [0.2, 0.25) is 0 Å². The lowest BCUT2D eigenvalue weighted by Gasteiger charge is -2.15. The Hall–Kier alpha value is -1.51. The molecule has 0 aliphatic heterocycles. The summed E-state index contributed by atoms with van der Waals surface area (Å²) < 4.78 is 10.4. The number of ether oxygens (including phenoxy) is 2.